The van der Waals surface area contributed by atoms with Gasteiger partial charge in [-0.1, -0.05) is 91.0 Å². The summed E-state index contributed by atoms with van der Waals surface area (Å²) in [5.74, 6) is 0.585. The Kier molecular flexibility index (Phi) is 10.7. The van der Waals surface area contributed by atoms with Gasteiger partial charge in [0, 0.05) is 0 Å². The first-order valence-corrected chi connectivity index (χ1v) is 14.1. The monoisotopic (exact) mass is 568 g/mol. The van der Waals surface area contributed by atoms with Crippen LogP contribution < -0.4 is 9.47 Å². The maximum absolute atomic E-state index is 12.8. The van der Waals surface area contributed by atoms with Crippen LogP contribution in [0, 0.1) is 5.92 Å². The van der Waals surface area contributed by atoms with Crippen LogP contribution >= 0.6 is 0 Å². The van der Waals surface area contributed by atoms with Crippen molar-refractivity contribution in [2.24, 2.45) is 5.92 Å². The largest absolute Gasteiger partial charge is 0.497 e. The van der Waals surface area contributed by atoms with Gasteiger partial charge < -0.3 is 33.2 Å². The Bertz CT molecular complexity index is 1330. The topological polar surface area (TPSA) is 72.5 Å². The van der Waals surface area contributed by atoms with Crippen molar-refractivity contribution in [1.82, 2.24) is 0 Å². The van der Waals surface area contributed by atoms with E-state index in [0.29, 0.717) is 24.7 Å². The quantitative estimate of drug-likeness (QED) is 0.173. The molecule has 0 bridgehead atoms. The van der Waals surface area contributed by atoms with Crippen LogP contribution in [0.3, 0.4) is 0 Å². The van der Waals surface area contributed by atoms with E-state index in [9.17, 15) is 4.79 Å². The lowest BCUT2D eigenvalue weighted by atomic mass is 9.89. The second-order valence-electron chi connectivity index (χ2n) is 10.1. The molecule has 0 spiro atoms. The summed E-state index contributed by atoms with van der Waals surface area (Å²) < 4.78 is 37.0. The zero-order chi connectivity index (χ0) is 29.0. The maximum Gasteiger partial charge on any atom is 0.227 e. The van der Waals surface area contributed by atoms with E-state index in [1.54, 1.807) is 31.4 Å². The first-order valence-electron chi connectivity index (χ1n) is 14.1. The van der Waals surface area contributed by atoms with E-state index < -0.39 is 30.5 Å². The molecule has 0 N–H and O–H groups in total. The second-order valence-corrected chi connectivity index (χ2v) is 10.1. The Labute approximate surface area is 246 Å². The van der Waals surface area contributed by atoms with Gasteiger partial charge in [-0.25, -0.2) is 0 Å². The third kappa shape index (κ3) is 8.05. The van der Waals surface area contributed by atoms with Gasteiger partial charge in [0.25, 0.3) is 0 Å². The molecule has 7 heteroatoms. The highest BCUT2D eigenvalue weighted by Crippen LogP contribution is 2.33. The standard InChI is InChI=1S/C35H36O7/c1-37-29-17-19-30(20-18-29)41-35-34(40-24-28-15-9-4-10-16-28)31(21-36)33(39-23-27-13-7-3-8-14-27)32(42-35)25-38-22-26-11-5-2-6-12-26/h2-21,31-35H,22-25H2,1H3/t31-,32+,33+,34+,35+/m0/s1. The molecule has 5 rings (SSSR count). The predicted octanol–water partition coefficient (Wildman–Crippen LogP) is 6.00. The fourth-order valence-corrected chi connectivity index (χ4v) is 4.92. The van der Waals surface area contributed by atoms with Gasteiger partial charge in [0.1, 0.15) is 30.0 Å². The van der Waals surface area contributed by atoms with Crippen molar-refractivity contribution in [3.63, 3.8) is 0 Å². The Morgan fingerprint density at radius 2 is 1.14 bits per heavy atom. The van der Waals surface area contributed by atoms with Crippen molar-refractivity contribution < 1.29 is 33.2 Å². The minimum Gasteiger partial charge on any atom is -0.497 e. The molecule has 0 unspecified atom stereocenters. The van der Waals surface area contributed by atoms with E-state index in [1.807, 2.05) is 91.0 Å². The molecule has 5 atom stereocenters. The highest BCUT2D eigenvalue weighted by atomic mass is 16.7. The minimum atomic E-state index is -0.890. The average Bonchev–Trinajstić information content (AvgIpc) is 3.05. The van der Waals surface area contributed by atoms with Crippen LogP contribution in [0.2, 0.25) is 0 Å². The summed E-state index contributed by atoms with van der Waals surface area (Å²) in [5, 5.41) is 0. The Hall–Kier alpha value is -4.01. The van der Waals surface area contributed by atoms with E-state index in [1.165, 1.54) is 0 Å². The van der Waals surface area contributed by atoms with Gasteiger partial charge in [0.15, 0.2) is 0 Å². The van der Waals surface area contributed by atoms with Gasteiger partial charge in [-0.05, 0) is 41.0 Å². The zero-order valence-electron chi connectivity index (χ0n) is 23.6. The molecule has 1 saturated heterocycles. The van der Waals surface area contributed by atoms with E-state index in [0.717, 1.165) is 23.0 Å². The van der Waals surface area contributed by atoms with Crippen LogP contribution in [-0.2, 0) is 43.6 Å². The highest BCUT2D eigenvalue weighted by Gasteiger charge is 2.49. The van der Waals surface area contributed by atoms with Crippen LogP contribution in [0.1, 0.15) is 16.7 Å². The number of hydrogen-bond donors (Lipinski definition) is 0. The molecule has 0 aromatic heterocycles. The molecule has 218 valence electrons. The summed E-state index contributed by atoms with van der Waals surface area (Å²) in [6.07, 6.45) is -1.96. The Morgan fingerprint density at radius 3 is 1.67 bits per heavy atom. The van der Waals surface area contributed by atoms with Crippen LogP contribution in [0.4, 0.5) is 0 Å². The fraction of sp³-hybridized carbons (Fsp3) is 0.286. The van der Waals surface area contributed by atoms with Crippen LogP contribution in [0.5, 0.6) is 11.5 Å². The van der Waals surface area contributed by atoms with Crippen molar-refractivity contribution in [2.75, 3.05) is 13.7 Å². The molecule has 0 aliphatic carbocycles. The Balaban J connectivity index is 1.39. The highest BCUT2D eigenvalue weighted by molar-refractivity contribution is 5.56. The molecule has 0 radical (unpaired) electrons. The number of methoxy groups -OCH3 is 1. The van der Waals surface area contributed by atoms with E-state index in [2.05, 4.69) is 0 Å². The smallest absolute Gasteiger partial charge is 0.227 e. The fourth-order valence-electron chi connectivity index (χ4n) is 4.92. The van der Waals surface area contributed by atoms with Gasteiger partial charge in [0.05, 0.1) is 45.6 Å². The minimum absolute atomic E-state index is 0.201. The molecule has 1 fully saturated rings. The van der Waals surface area contributed by atoms with Crippen LogP contribution in [0.15, 0.2) is 115 Å². The SMILES string of the molecule is COc1ccc(O[C@@H]2O[C@H](COCc3ccccc3)[C@H](OCc3ccccc3)[C@H](C=O)[C@H]2OCc2ccccc2)cc1. The Morgan fingerprint density at radius 1 is 0.643 bits per heavy atom. The third-order valence-electron chi connectivity index (χ3n) is 7.14. The van der Waals surface area contributed by atoms with Crippen LogP contribution in [-0.4, -0.2) is 44.6 Å². The summed E-state index contributed by atoms with van der Waals surface area (Å²) >= 11 is 0. The van der Waals surface area contributed by atoms with Gasteiger partial charge >= 0.3 is 0 Å². The molecule has 7 nitrogen and oxygen atoms in total. The van der Waals surface area contributed by atoms with Gasteiger partial charge in [0.2, 0.25) is 6.29 Å². The van der Waals surface area contributed by atoms with Crippen LogP contribution in [0.25, 0.3) is 0 Å². The number of aldehydes is 1. The molecule has 42 heavy (non-hydrogen) atoms. The average molecular weight is 569 g/mol. The summed E-state index contributed by atoms with van der Waals surface area (Å²) in [6.45, 7) is 1.19. The number of carbonyl (C=O) groups excluding carboxylic acids is 1. The molecular formula is C35H36O7. The molecular weight excluding hydrogens is 532 g/mol. The summed E-state index contributed by atoms with van der Waals surface area (Å²) in [4.78, 5) is 12.8. The van der Waals surface area contributed by atoms with E-state index >= 15 is 0 Å². The third-order valence-corrected chi connectivity index (χ3v) is 7.14. The van der Waals surface area contributed by atoms with Crippen molar-refractivity contribution >= 4 is 6.29 Å². The normalized spacial score (nSPS) is 21.9. The van der Waals surface area contributed by atoms with Crippen molar-refractivity contribution in [2.45, 2.75) is 44.4 Å². The lowest BCUT2D eigenvalue weighted by Gasteiger charge is -2.44. The predicted molar refractivity (Wildman–Crippen MR) is 158 cm³/mol. The van der Waals surface area contributed by atoms with Gasteiger partial charge in [-0.3, -0.25) is 0 Å². The number of benzene rings is 4. The molecule has 0 amide bonds. The summed E-state index contributed by atoms with van der Waals surface area (Å²) in [5.41, 5.74) is 3.00. The number of rotatable bonds is 14. The van der Waals surface area contributed by atoms with Gasteiger partial charge in [-0.2, -0.15) is 0 Å². The number of hydrogen-bond acceptors (Lipinski definition) is 7. The van der Waals surface area contributed by atoms with E-state index in [4.69, 9.17) is 28.4 Å². The lowest BCUT2D eigenvalue weighted by Crippen LogP contribution is -2.59. The summed E-state index contributed by atoms with van der Waals surface area (Å²) in [6, 6.07) is 36.8. The molecule has 4 aromatic carbocycles. The first kappa shape index (κ1) is 29.5. The number of ether oxygens (including phenoxy) is 6. The van der Waals surface area contributed by atoms with Crippen molar-refractivity contribution in [1.29, 1.82) is 0 Å². The van der Waals surface area contributed by atoms with Crippen molar-refractivity contribution in [3.05, 3.63) is 132 Å². The zero-order valence-corrected chi connectivity index (χ0v) is 23.6. The molecule has 1 aliphatic rings. The molecule has 4 aromatic rings. The second kappa shape index (κ2) is 15.3. The lowest BCUT2D eigenvalue weighted by molar-refractivity contribution is -0.281. The van der Waals surface area contributed by atoms with Crippen molar-refractivity contribution in [3.8, 4) is 11.5 Å². The first-order chi connectivity index (χ1) is 20.7. The summed E-state index contributed by atoms with van der Waals surface area (Å²) in [7, 11) is 1.61. The maximum atomic E-state index is 12.8. The van der Waals surface area contributed by atoms with Gasteiger partial charge in [-0.15, -0.1) is 0 Å². The molecule has 1 heterocycles. The molecule has 0 saturated carbocycles. The number of carbonyl (C=O) groups is 1. The molecule has 1 aliphatic heterocycles. The van der Waals surface area contributed by atoms with E-state index in [-0.39, 0.29) is 13.2 Å².